The van der Waals surface area contributed by atoms with Gasteiger partial charge in [0, 0.05) is 11.3 Å². The van der Waals surface area contributed by atoms with Gasteiger partial charge in [0.05, 0.1) is 0 Å². The average molecular weight is 306 g/mol. The minimum absolute atomic E-state index is 0.181. The Morgan fingerprint density at radius 2 is 1.52 bits per heavy atom. The zero-order chi connectivity index (χ0) is 16.5. The normalized spacial score (nSPS) is 11.3. The first-order chi connectivity index (χ1) is 11.2. The summed E-state index contributed by atoms with van der Waals surface area (Å²) in [7, 11) is 0. The van der Waals surface area contributed by atoms with Crippen molar-refractivity contribution in [1.82, 2.24) is 5.32 Å². The van der Waals surface area contributed by atoms with E-state index < -0.39 is 0 Å². The maximum Gasteiger partial charge on any atom is 0.272 e. The molecule has 2 amide bonds. The van der Waals surface area contributed by atoms with Crippen LogP contribution < -0.4 is 10.6 Å². The van der Waals surface area contributed by atoms with Crippen LogP contribution in [0.2, 0.25) is 0 Å². The molecule has 0 aromatic heterocycles. The highest BCUT2D eigenvalue weighted by Crippen LogP contribution is 2.07. The molecule has 0 heterocycles. The molecule has 0 saturated heterocycles. The first kappa shape index (κ1) is 16.2. The lowest BCUT2D eigenvalue weighted by Crippen LogP contribution is -2.30. The van der Waals surface area contributed by atoms with E-state index in [1.165, 1.54) is 0 Å². The van der Waals surface area contributed by atoms with E-state index in [2.05, 4.69) is 10.6 Å². The van der Waals surface area contributed by atoms with E-state index in [0.717, 1.165) is 0 Å². The fourth-order valence-electron chi connectivity index (χ4n) is 1.87. The number of amides is 2. The van der Waals surface area contributed by atoms with Gasteiger partial charge in [0.1, 0.15) is 5.70 Å². The average Bonchev–Trinajstić information content (AvgIpc) is 2.60. The van der Waals surface area contributed by atoms with Gasteiger partial charge in [-0.15, -0.1) is 0 Å². The number of rotatable bonds is 5. The largest absolute Gasteiger partial charge is 0.321 e. The predicted octanol–water partition coefficient (Wildman–Crippen LogP) is 3.52. The molecular formula is C19H18N2O2. The number of anilines is 1. The summed E-state index contributed by atoms with van der Waals surface area (Å²) in [5.74, 6) is -0.705. The third-order valence-electron chi connectivity index (χ3n) is 3.02. The van der Waals surface area contributed by atoms with Gasteiger partial charge in [-0.2, -0.15) is 0 Å². The molecule has 2 rings (SSSR count). The van der Waals surface area contributed by atoms with Crippen molar-refractivity contribution in [2.24, 2.45) is 0 Å². The second-order valence-electron chi connectivity index (χ2n) is 4.75. The summed E-state index contributed by atoms with van der Waals surface area (Å²) in [5.41, 5.74) is 1.34. The van der Waals surface area contributed by atoms with Crippen LogP contribution in [0.1, 0.15) is 17.3 Å². The van der Waals surface area contributed by atoms with Crippen molar-refractivity contribution in [1.29, 1.82) is 0 Å². The van der Waals surface area contributed by atoms with E-state index in [4.69, 9.17) is 0 Å². The van der Waals surface area contributed by atoms with Gasteiger partial charge >= 0.3 is 0 Å². The van der Waals surface area contributed by atoms with Gasteiger partial charge in [0.25, 0.3) is 11.8 Å². The number of hydrogen-bond donors (Lipinski definition) is 2. The lowest BCUT2D eigenvalue weighted by atomic mass is 10.2. The SMILES string of the molecule is C/C=C\C=C(/NC(=O)c1ccccc1)C(=O)Nc1ccccc1. The maximum atomic E-state index is 12.4. The molecule has 0 unspecified atom stereocenters. The Labute approximate surface area is 135 Å². The molecule has 116 valence electrons. The predicted molar refractivity (Wildman–Crippen MR) is 91.9 cm³/mol. The summed E-state index contributed by atoms with van der Waals surface area (Å²) in [6.07, 6.45) is 5.05. The second-order valence-corrected chi connectivity index (χ2v) is 4.75. The first-order valence-corrected chi connectivity index (χ1v) is 7.26. The van der Waals surface area contributed by atoms with Crippen LogP contribution >= 0.6 is 0 Å². The number of carbonyl (C=O) groups excluding carboxylic acids is 2. The van der Waals surface area contributed by atoms with Crippen LogP contribution in [-0.4, -0.2) is 11.8 Å². The van der Waals surface area contributed by atoms with Crippen LogP contribution in [0, 0.1) is 0 Å². The molecule has 0 aliphatic heterocycles. The zero-order valence-electron chi connectivity index (χ0n) is 12.8. The number of carbonyl (C=O) groups is 2. The summed E-state index contributed by atoms with van der Waals surface area (Å²) in [5, 5.41) is 5.40. The van der Waals surface area contributed by atoms with E-state index in [0.29, 0.717) is 11.3 Å². The van der Waals surface area contributed by atoms with Gasteiger partial charge in [-0.05, 0) is 37.3 Å². The Kier molecular flexibility index (Phi) is 5.89. The van der Waals surface area contributed by atoms with Crippen molar-refractivity contribution in [3.8, 4) is 0 Å². The maximum absolute atomic E-state index is 12.4. The summed E-state index contributed by atoms with van der Waals surface area (Å²) >= 11 is 0. The van der Waals surface area contributed by atoms with Crippen molar-refractivity contribution >= 4 is 17.5 Å². The highest BCUT2D eigenvalue weighted by Gasteiger charge is 2.13. The van der Waals surface area contributed by atoms with Gasteiger partial charge in [-0.1, -0.05) is 48.6 Å². The fourth-order valence-corrected chi connectivity index (χ4v) is 1.87. The minimum atomic E-state index is -0.376. The van der Waals surface area contributed by atoms with Crippen LogP contribution in [0.3, 0.4) is 0 Å². The van der Waals surface area contributed by atoms with Gasteiger partial charge < -0.3 is 10.6 Å². The molecular weight excluding hydrogens is 288 g/mol. The minimum Gasteiger partial charge on any atom is -0.321 e. The third-order valence-corrected chi connectivity index (χ3v) is 3.02. The molecule has 0 aliphatic carbocycles. The number of nitrogens with one attached hydrogen (secondary N) is 2. The monoisotopic (exact) mass is 306 g/mol. The molecule has 0 radical (unpaired) electrons. The Balaban J connectivity index is 2.14. The molecule has 2 aromatic carbocycles. The smallest absolute Gasteiger partial charge is 0.272 e. The van der Waals surface area contributed by atoms with Crippen molar-refractivity contribution in [2.75, 3.05) is 5.32 Å². The summed E-state index contributed by atoms with van der Waals surface area (Å²) in [6.45, 7) is 1.84. The van der Waals surface area contributed by atoms with E-state index >= 15 is 0 Å². The molecule has 2 N–H and O–H groups in total. The van der Waals surface area contributed by atoms with Crippen molar-refractivity contribution in [3.63, 3.8) is 0 Å². The molecule has 0 spiro atoms. The Morgan fingerprint density at radius 1 is 0.913 bits per heavy atom. The molecule has 0 bridgehead atoms. The molecule has 0 aliphatic rings. The number of hydrogen-bond acceptors (Lipinski definition) is 2. The quantitative estimate of drug-likeness (QED) is 0.656. The second kappa shape index (κ2) is 8.34. The highest BCUT2D eigenvalue weighted by atomic mass is 16.2. The van der Waals surface area contributed by atoms with Crippen LogP contribution in [0.4, 0.5) is 5.69 Å². The van der Waals surface area contributed by atoms with E-state index in [9.17, 15) is 9.59 Å². The Hall–Kier alpha value is -3.14. The van der Waals surface area contributed by atoms with Crippen LogP contribution in [0.15, 0.2) is 84.6 Å². The van der Waals surface area contributed by atoms with Crippen LogP contribution in [-0.2, 0) is 4.79 Å². The fraction of sp³-hybridized carbons (Fsp3) is 0.0526. The molecule has 23 heavy (non-hydrogen) atoms. The first-order valence-electron chi connectivity index (χ1n) is 7.26. The van der Waals surface area contributed by atoms with Gasteiger partial charge in [-0.25, -0.2) is 0 Å². The van der Waals surface area contributed by atoms with Gasteiger partial charge in [-0.3, -0.25) is 9.59 Å². The number of para-hydroxylation sites is 1. The summed E-state index contributed by atoms with van der Waals surface area (Å²) < 4.78 is 0. The highest BCUT2D eigenvalue weighted by molar-refractivity contribution is 6.08. The van der Waals surface area contributed by atoms with Gasteiger partial charge in [0.2, 0.25) is 0 Å². The summed E-state index contributed by atoms with van der Waals surface area (Å²) in [4.78, 5) is 24.6. The Bertz CT molecular complexity index is 720. The summed E-state index contributed by atoms with van der Waals surface area (Å²) in [6, 6.07) is 17.8. The lowest BCUT2D eigenvalue weighted by Gasteiger charge is -2.10. The Morgan fingerprint density at radius 3 is 2.13 bits per heavy atom. The van der Waals surface area contributed by atoms with Crippen LogP contribution in [0.25, 0.3) is 0 Å². The zero-order valence-corrected chi connectivity index (χ0v) is 12.8. The van der Waals surface area contributed by atoms with Crippen molar-refractivity contribution < 1.29 is 9.59 Å². The van der Waals surface area contributed by atoms with Crippen LogP contribution in [0.5, 0.6) is 0 Å². The molecule has 4 nitrogen and oxygen atoms in total. The number of allylic oxidation sites excluding steroid dienone is 3. The molecule has 0 atom stereocenters. The van der Waals surface area contributed by atoms with Crippen molar-refractivity contribution in [3.05, 3.63) is 90.2 Å². The van der Waals surface area contributed by atoms with E-state index in [-0.39, 0.29) is 17.5 Å². The molecule has 0 saturated carbocycles. The van der Waals surface area contributed by atoms with Gasteiger partial charge in [0.15, 0.2) is 0 Å². The topological polar surface area (TPSA) is 58.2 Å². The number of benzene rings is 2. The molecule has 2 aromatic rings. The molecule has 0 fully saturated rings. The van der Waals surface area contributed by atoms with Crippen molar-refractivity contribution in [2.45, 2.75) is 6.92 Å². The lowest BCUT2D eigenvalue weighted by molar-refractivity contribution is -0.113. The standard InChI is InChI=1S/C19H18N2O2/c1-2-3-14-17(19(23)20-16-12-8-5-9-13-16)21-18(22)15-10-6-4-7-11-15/h2-14H,1H3,(H,20,23)(H,21,22)/b3-2-,17-14-. The van der Waals surface area contributed by atoms with E-state index in [1.54, 1.807) is 54.6 Å². The molecule has 4 heteroatoms. The van der Waals surface area contributed by atoms with E-state index in [1.807, 2.05) is 31.2 Å². The third kappa shape index (κ3) is 4.97.